The van der Waals surface area contributed by atoms with Crippen molar-refractivity contribution in [2.75, 3.05) is 25.1 Å². The Labute approximate surface area is 175 Å². The van der Waals surface area contributed by atoms with Crippen LogP contribution >= 0.6 is 0 Å². The molecule has 158 valence electrons. The molecule has 30 heavy (non-hydrogen) atoms. The van der Waals surface area contributed by atoms with Gasteiger partial charge in [-0.3, -0.25) is 4.79 Å². The fraction of sp³-hybridized carbons (Fsp3) is 0.333. The van der Waals surface area contributed by atoms with E-state index in [1.165, 1.54) is 13.2 Å². The van der Waals surface area contributed by atoms with E-state index in [1.807, 2.05) is 35.9 Å². The number of nitrogens with one attached hydrogen (secondary N) is 1. The van der Waals surface area contributed by atoms with Gasteiger partial charge in [-0.05, 0) is 43.2 Å². The number of hydrogen-bond donors (Lipinski definition) is 1. The van der Waals surface area contributed by atoms with Crippen molar-refractivity contribution in [1.82, 2.24) is 14.1 Å². The van der Waals surface area contributed by atoms with Crippen LogP contribution in [0.1, 0.15) is 24.1 Å². The Morgan fingerprint density at radius 2 is 2.03 bits per heavy atom. The fourth-order valence-corrected chi connectivity index (χ4v) is 4.85. The number of ether oxygens (including phenoxy) is 1. The zero-order valence-electron chi connectivity index (χ0n) is 17.0. The van der Waals surface area contributed by atoms with Crippen LogP contribution in [0.4, 0.5) is 5.69 Å². The van der Waals surface area contributed by atoms with Crippen LogP contribution in [0.3, 0.4) is 0 Å². The maximum absolute atomic E-state index is 12.9. The summed E-state index contributed by atoms with van der Waals surface area (Å²) in [5.74, 6) is 0.236. The van der Waals surface area contributed by atoms with E-state index in [-0.39, 0.29) is 23.1 Å². The minimum absolute atomic E-state index is 0.00133. The molecule has 0 bridgehead atoms. The minimum Gasteiger partial charge on any atom is -0.495 e. The lowest BCUT2D eigenvalue weighted by Crippen LogP contribution is -2.28. The Morgan fingerprint density at radius 3 is 2.77 bits per heavy atom. The number of rotatable bonds is 7. The number of sulfonamides is 1. The van der Waals surface area contributed by atoms with Crippen molar-refractivity contribution in [3.8, 4) is 5.75 Å². The molecule has 1 aromatic carbocycles. The van der Waals surface area contributed by atoms with Gasteiger partial charge in [0.2, 0.25) is 15.9 Å². The van der Waals surface area contributed by atoms with Crippen LogP contribution in [0, 0.1) is 6.92 Å². The third-order valence-corrected chi connectivity index (χ3v) is 6.63. The van der Waals surface area contributed by atoms with Gasteiger partial charge in [-0.2, -0.15) is 0 Å². The van der Waals surface area contributed by atoms with Gasteiger partial charge in [-0.25, -0.2) is 18.1 Å². The predicted molar refractivity (Wildman–Crippen MR) is 113 cm³/mol. The summed E-state index contributed by atoms with van der Waals surface area (Å²) in [4.78, 5) is 18.2. The van der Waals surface area contributed by atoms with Crippen molar-refractivity contribution in [1.29, 1.82) is 0 Å². The summed E-state index contributed by atoms with van der Waals surface area (Å²) >= 11 is 0. The number of amides is 1. The molecule has 0 atom stereocenters. The van der Waals surface area contributed by atoms with Crippen molar-refractivity contribution in [3.63, 3.8) is 0 Å². The number of carbonyl (C=O) groups is 1. The lowest BCUT2D eigenvalue weighted by molar-refractivity contribution is -0.117. The number of aryl methyl sites for hydroxylation is 1. The maximum atomic E-state index is 12.9. The van der Waals surface area contributed by atoms with Crippen LogP contribution in [0.5, 0.6) is 5.75 Å². The van der Waals surface area contributed by atoms with E-state index in [1.54, 1.807) is 17.0 Å². The molecule has 0 spiro atoms. The van der Waals surface area contributed by atoms with E-state index in [0.29, 0.717) is 25.1 Å². The van der Waals surface area contributed by atoms with E-state index in [0.717, 1.165) is 23.3 Å². The molecule has 1 saturated heterocycles. The molecule has 0 aliphatic carbocycles. The van der Waals surface area contributed by atoms with Gasteiger partial charge < -0.3 is 14.0 Å². The number of anilines is 1. The largest absolute Gasteiger partial charge is 0.495 e. The summed E-state index contributed by atoms with van der Waals surface area (Å²) < 4.78 is 35.7. The van der Waals surface area contributed by atoms with Gasteiger partial charge in [0.05, 0.1) is 12.8 Å². The monoisotopic (exact) mass is 428 g/mol. The summed E-state index contributed by atoms with van der Waals surface area (Å²) in [7, 11) is -2.40. The lowest BCUT2D eigenvalue weighted by atomic mass is 10.3. The van der Waals surface area contributed by atoms with Crippen LogP contribution in [-0.4, -0.2) is 43.9 Å². The first kappa shape index (κ1) is 20.4. The molecule has 1 N–H and O–H groups in total. The predicted octanol–water partition coefficient (Wildman–Crippen LogP) is 2.30. The Balaban J connectivity index is 1.51. The molecule has 1 aliphatic heterocycles. The van der Waals surface area contributed by atoms with Gasteiger partial charge in [-0.15, -0.1) is 0 Å². The van der Waals surface area contributed by atoms with Crippen molar-refractivity contribution < 1.29 is 17.9 Å². The summed E-state index contributed by atoms with van der Waals surface area (Å²) in [6, 6.07) is 8.70. The number of benzene rings is 1. The summed E-state index contributed by atoms with van der Waals surface area (Å²) in [5, 5.41) is 0. The summed E-state index contributed by atoms with van der Waals surface area (Å²) in [6.07, 6.45) is 5.57. The first-order valence-corrected chi connectivity index (χ1v) is 11.3. The molecule has 0 saturated carbocycles. The number of carbonyl (C=O) groups excluding carboxylic acids is 1. The SMILES string of the molecule is COc1ccc(N2CCCC2=O)cc1S(=O)(=O)NCCc1cn2cc(C)ccc2n1. The molecule has 2 aromatic heterocycles. The molecule has 0 unspecified atom stereocenters. The Morgan fingerprint density at radius 1 is 1.20 bits per heavy atom. The fourth-order valence-electron chi connectivity index (χ4n) is 3.63. The molecule has 8 nitrogen and oxygen atoms in total. The molecular weight excluding hydrogens is 404 g/mol. The zero-order valence-corrected chi connectivity index (χ0v) is 17.8. The smallest absolute Gasteiger partial charge is 0.244 e. The molecule has 3 heterocycles. The van der Waals surface area contributed by atoms with Crippen LogP contribution in [0.15, 0.2) is 47.6 Å². The third-order valence-electron chi connectivity index (χ3n) is 5.14. The Bertz CT molecular complexity index is 1200. The van der Waals surface area contributed by atoms with Crippen LogP contribution in [-0.2, 0) is 21.2 Å². The molecule has 0 radical (unpaired) electrons. The highest BCUT2D eigenvalue weighted by Crippen LogP contribution is 2.30. The van der Waals surface area contributed by atoms with Crippen LogP contribution < -0.4 is 14.4 Å². The van der Waals surface area contributed by atoms with Gasteiger partial charge >= 0.3 is 0 Å². The first-order valence-electron chi connectivity index (χ1n) is 9.80. The van der Waals surface area contributed by atoms with E-state index in [2.05, 4.69) is 9.71 Å². The van der Waals surface area contributed by atoms with Crippen LogP contribution in [0.25, 0.3) is 5.65 Å². The molecule has 1 fully saturated rings. The van der Waals surface area contributed by atoms with Crippen molar-refractivity contribution in [3.05, 3.63) is 54.0 Å². The van der Waals surface area contributed by atoms with Gasteiger partial charge in [0.15, 0.2) is 0 Å². The number of methoxy groups -OCH3 is 1. The van der Waals surface area contributed by atoms with Crippen molar-refractivity contribution in [2.24, 2.45) is 0 Å². The lowest BCUT2D eigenvalue weighted by Gasteiger charge is -2.18. The first-order chi connectivity index (χ1) is 14.4. The Hall–Kier alpha value is -2.91. The van der Waals surface area contributed by atoms with Crippen LogP contribution in [0.2, 0.25) is 0 Å². The number of hydrogen-bond acceptors (Lipinski definition) is 5. The highest BCUT2D eigenvalue weighted by molar-refractivity contribution is 7.89. The zero-order chi connectivity index (χ0) is 21.3. The number of nitrogens with zero attached hydrogens (tertiary/aromatic N) is 3. The summed E-state index contributed by atoms with van der Waals surface area (Å²) in [6.45, 7) is 2.79. The molecule has 3 aromatic rings. The number of aromatic nitrogens is 2. The standard InChI is InChI=1S/C21H24N4O4S/c1-15-5-8-20-23-16(14-24(20)13-15)9-10-22-30(27,28)19-12-17(6-7-18(19)29-2)25-11-3-4-21(25)26/h5-8,12-14,22H,3-4,9-11H2,1-2H3. The third kappa shape index (κ3) is 4.03. The molecular formula is C21H24N4O4S. The second kappa shape index (κ2) is 8.08. The normalized spacial score (nSPS) is 14.6. The number of fused-ring (bicyclic) bond motifs is 1. The summed E-state index contributed by atoms with van der Waals surface area (Å²) in [5.41, 5.74) is 3.31. The quantitative estimate of drug-likeness (QED) is 0.623. The second-order valence-corrected chi connectivity index (χ2v) is 9.07. The van der Waals surface area contributed by atoms with Gasteiger partial charge in [0.25, 0.3) is 0 Å². The molecule has 1 aliphatic rings. The van der Waals surface area contributed by atoms with E-state index in [9.17, 15) is 13.2 Å². The highest BCUT2D eigenvalue weighted by Gasteiger charge is 2.26. The van der Waals surface area contributed by atoms with Crippen molar-refractivity contribution in [2.45, 2.75) is 31.1 Å². The minimum atomic E-state index is -3.83. The van der Waals surface area contributed by atoms with E-state index < -0.39 is 10.0 Å². The number of pyridine rings is 1. The average molecular weight is 429 g/mol. The van der Waals surface area contributed by atoms with Gasteiger partial charge in [-0.1, -0.05) is 6.07 Å². The highest BCUT2D eigenvalue weighted by atomic mass is 32.2. The Kier molecular flexibility index (Phi) is 5.48. The van der Waals surface area contributed by atoms with E-state index >= 15 is 0 Å². The van der Waals surface area contributed by atoms with Gasteiger partial charge in [0, 0.05) is 44.0 Å². The van der Waals surface area contributed by atoms with Gasteiger partial charge in [0.1, 0.15) is 16.3 Å². The second-order valence-electron chi connectivity index (χ2n) is 7.34. The topological polar surface area (TPSA) is 93.0 Å². The number of imidazole rings is 1. The maximum Gasteiger partial charge on any atom is 0.244 e. The van der Waals surface area contributed by atoms with Crippen molar-refractivity contribution >= 4 is 27.3 Å². The molecule has 9 heteroatoms. The molecule has 4 rings (SSSR count). The van der Waals surface area contributed by atoms with E-state index in [4.69, 9.17) is 4.74 Å². The molecule has 1 amide bonds. The average Bonchev–Trinajstić information content (AvgIpc) is 3.32.